The molecule has 1 atom stereocenters. The van der Waals surface area contributed by atoms with Crippen LogP contribution in [0.15, 0.2) is 35.8 Å². The van der Waals surface area contributed by atoms with Crippen LogP contribution in [-0.2, 0) is 16.1 Å². The SMILES string of the molecule is O=C(Nc1nccs1)C1CCC(=O)N1Cc1ccc(Cl)cc1. The molecule has 1 fully saturated rings. The minimum absolute atomic E-state index is 0.00533. The van der Waals surface area contributed by atoms with E-state index in [0.717, 1.165) is 5.56 Å². The lowest BCUT2D eigenvalue weighted by atomic mass is 10.1. The van der Waals surface area contributed by atoms with Gasteiger partial charge in [-0.2, -0.15) is 0 Å². The van der Waals surface area contributed by atoms with Gasteiger partial charge in [-0.15, -0.1) is 11.3 Å². The Bertz CT molecular complexity index is 673. The first-order valence-corrected chi connectivity index (χ1v) is 8.13. The Hall–Kier alpha value is -1.92. The lowest BCUT2D eigenvalue weighted by molar-refractivity contribution is -0.133. The van der Waals surface area contributed by atoms with E-state index >= 15 is 0 Å². The minimum atomic E-state index is -0.452. The Morgan fingerprint density at radius 2 is 2.18 bits per heavy atom. The largest absolute Gasteiger partial charge is 0.326 e. The Labute approximate surface area is 136 Å². The number of aromatic nitrogens is 1. The van der Waals surface area contributed by atoms with E-state index in [1.165, 1.54) is 11.3 Å². The second-order valence-corrected chi connectivity index (χ2v) is 6.36. The number of carbonyl (C=O) groups excluding carboxylic acids is 2. The second kappa shape index (κ2) is 6.46. The summed E-state index contributed by atoms with van der Waals surface area (Å²) in [5.41, 5.74) is 0.951. The van der Waals surface area contributed by atoms with Gasteiger partial charge in [0.2, 0.25) is 11.8 Å². The van der Waals surface area contributed by atoms with E-state index in [1.54, 1.807) is 28.6 Å². The van der Waals surface area contributed by atoms with Gasteiger partial charge in [0.1, 0.15) is 6.04 Å². The molecule has 1 saturated heterocycles. The zero-order valence-corrected chi connectivity index (χ0v) is 13.2. The van der Waals surface area contributed by atoms with Gasteiger partial charge in [0.05, 0.1) is 0 Å². The highest BCUT2D eigenvalue weighted by Crippen LogP contribution is 2.24. The first-order valence-electron chi connectivity index (χ1n) is 6.88. The van der Waals surface area contributed by atoms with Crippen molar-refractivity contribution in [1.82, 2.24) is 9.88 Å². The first-order chi connectivity index (χ1) is 10.6. The van der Waals surface area contributed by atoms with Crippen molar-refractivity contribution < 1.29 is 9.59 Å². The topological polar surface area (TPSA) is 62.3 Å². The molecule has 0 radical (unpaired) electrons. The number of hydrogen-bond donors (Lipinski definition) is 1. The molecule has 114 valence electrons. The molecule has 0 bridgehead atoms. The van der Waals surface area contributed by atoms with Crippen molar-refractivity contribution in [3.05, 3.63) is 46.4 Å². The highest BCUT2D eigenvalue weighted by atomic mass is 35.5. The predicted molar refractivity (Wildman–Crippen MR) is 85.8 cm³/mol. The monoisotopic (exact) mass is 335 g/mol. The number of hydrogen-bond acceptors (Lipinski definition) is 4. The van der Waals surface area contributed by atoms with Crippen LogP contribution in [0.5, 0.6) is 0 Å². The number of anilines is 1. The van der Waals surface area contributed by atoms with Gasteiger partial charge in [-0.05, 0) is 24.1 Å². The fraction of sp³-hybridized carbons (Fsp3) is 0.267. The molecule has 2 heterocycles. The van der Waals surface area contributed by atoms with Gasteiger partial charge in [-0.3, -0.25) is 9.59 Å². The van der Waals surface area contributed by atoms with Crippen LogP contribution in [-0.4, -0.2) is 27.7 Å². The lowest BCUT2D eigenvalue weighted by Crippen LogP contribution is -2.41. The molecule has 1 N–H and O–H groups in total. The van der Waals surface area contributed by atoms with Gasteiger partial charge in [0.15, 0.2) is 5.13 Å². The number of nitrogens with one attached hydrogen (secondary N) is 1. The molecule has 0 aliphatic carbocycles. The summed E-state index contributed by atoms with van der Waals surface area (Å²) < 4.78 is 0. The molecule has 1 aromatic heterocycles. The Morgan fingerprint density at radius 1 is 1.41 bits per heavy atom. The number of carbonyl (C=O) groups is 2. The van der Waals surface area contributed by atoms with Crippen molar-refractivity contribution in [3.63, 3.8) is 0 Å². The molecule has 2 aromatic rings. The summed E-state index contributed by atoms with van der Waals surface area (Å²) >= 11 is 7.22. The van der Waals surface area contributed by atoms with Crippen molar-refractivity contribution in [2.24, 2.45) is 0 Å². The van der Waals surface area contributed by atoms with Crippen LogP contribution < -0.4 is 5.32 Å². The van der Waals surface area contributed by atoms with E-state index in [9.17, 15) is 9.59 Å². The van der Waals surface area contributed by atoms with Crippen molar-refractivity contribution in [3.8, 4) is 0 Å². The maximum absolute atomic E-state index is 12.4. The Kier molecular flexibility index (Phi) is 4.40. The van der Waals surface area contributed by atoms with Crippen LogP contribution in [0.4, 0.5) is 5.13 Å². The second-order valence-electron chi connectivity index (χ2n) is 5.03. The highest BCUT2D eigenvalue weighted by molar-refractivity contribution is 7.13. The number of likely N-dealkylation sites (tertiary alicyclic amines) is 1. The van der Waals surface area contributed by atoms with Gasteiger partial charge in [-0.1, -0.05) is 23.7 Å². The molecule has 1 unspecified atom stereocenters. The van der Waals surface area contributed by atoms with E-state index in [-0.39, 0.29) is 11.8 Å². The van der Waals surface area contributed by atoms with Crippen molar-refractivity contribution in [1.29, 1.82) is 0 Å². The number of rotatable bonds is 4. The Balaban J connectivity index is 1.71. The molecule has 22 heavy (non-hydrogen) atoms. The fourth-order valence-electron chi connectivity index (χ4n) is 2.46. The predicted octanol–water partition coefficient (Wildman–Crippen LogP) is 2.93. The molecule has 1 aromatic carbocycles. The third kappa shape index (κ3) is 3.28. The number of nitrogens with zero attached hydrogens (tertiary/aromatic N) is 2. The normalized spacial score (nSPS) is 17.8. The number of thiazole rings is 1. The van der Waals surface area contributed by atoms with Crippen LogP contribution in [0.2, 0.25) is 5.02 Å². The molecule has 0 saturated carbocycles. The van der Waals surface area contributed by atoms with E-state index in [1.807, 2.05) is 12.1 Å². The smallest absolute Gasteiger partial charge is 0.248 e. The molecule has 5 nitrogen and oxygen atoms in total. The van der Waals surface area contributed by atoms with Crippen molar-refractivity contribution in [2.45, 2.75) is 25.4 Å². The first kappa shape index (κ1) is 15.0. The minimum Gasteiger partial charge on any atom is -0.326 e. The lowest BCUT2D eigenvalue weighted by Gasteiger charge is -2.23. The maximum Gasteiger partial charge on any atom is 0.248 e. The quantitative estimate of drug-likeness (QED) is 0.934. The molecule has 7 heteroatoms. The third-order valence-corrected chi connectivity index (χ3v) is 4.50. The zero-order valence-electron chi connectivity index (χ0n) is 11.7. The maximum atomic E-state index is 12.4. The van der Waals surface area contributed by atoms with Crippen molar-refractivity contribution in [2.75, 3.05) is 5.32 Å². The van der Waals surface area contributed by atoms with E-state index in [4.69, 9.17) is 11.6 Å². The zero-order chi connectivity index (χ0) is 15.5. The summed E-state index contributed by atoms with van der Waals surface area (Å²) in [4.78, 5) is 30.1. The van der Waals surface area contributed by atoms with Crippen LogP contribution in [0.1, 0.15) is 18.4 Å². The molecule has 1 aliphatic heterocycles. The fourth-order valence-corrected chi connectivity index (χ4v) is 3.12. The summed E-state index contributed by atoms with van der Waals surface area (Å²) in [5, 5.41) is 5.75. The van der Waals surface area contributed by atoms with Gasteiger partial charge < -0.3 is 10.2 Å². The summed E-state index contributed by atoms with van der Waals surface area (Å²) in [6, 6.07) is 6.84. The standard InChI is InChI=1S/C15H14ClN3O2S/c16-11-3-1-10(2-4-11)9-19-12(5-6-13(19)20)14(21)18-15-17-7-8-22-15/h1-4,7-8,12H,5-6,9H2,(H,17,18,21). The van der Waals surface area contributed by atoms with Gasteiger partial charge in [0, 0.05) is 29.6 Å². The number of benzene rings is 1. The van der Waals surface area contributed by atoms with Crippen LogP contribution in [0.25, 0.3) is 0 Å². The summed E-state index contributed by atoms with van der Waals surface area (Å²) in [7, 11) is 0. The number of amides is 2. The average molecular weight is 336 g/mol. The van der Waals surface area contributed by atoms with Crippen LogP contribution in [0.3, 0.4) is 0 Å². The summed E-state index contributed by atoms with van der Waals surface area (Å²) in [6.07, 6.45) is 2.55. The van der Waals surface area contributed by atoms with Gasteiger partial charge >= 0.3 is 0 Å². The molecular formula is C15H14ClN3O2S. The van der Waals surface area contributed by atoms with Crippen LogP contribution >= 0.6 is 22.9 Å². The van der Waals surface area contributed by atoms with E-state index in [0.29, 0.717) is 29.5 Å². The molecule has 3 rings (SSSR count). The summed E-state index contributed by atoms with van der Waals surface area (Å²) in [5.74, 6) is -0.191. The number of halogens is 1. The van der Waals surface area contributed by atoms with E-state index < -0.39 is 6.04 Å². The summed E-state index contributed by atoms with van der Waals surface area (Å²) in [6.45, 7) is 0.409. The van der Waals surface area contributed by atoms with Gasteiger partial charge in [0.25, 0.3) is 0 Å². The van der Waals surface area contributed by atoms with Gasteiger partial charge in [-0.25, -0.2) is 4.98 Å². The molecule has 1 aliphatic rings. The average Bonchev–Trinajstić information content (AvgIpc) is 3.12. The highest BCUT2D eigenvalue weighted by Gasteiger charge is 2.36. The molecule has 0 spiro atoms. The van der Waals surface area contributed by atoms with E-state index in [2.05, 4.69) is 10.3 Å². The van der Waals surface area contributed by atoms with Crippen LogP contribution in [0, 0.1) is 0 Å². The molecule has 2 amide bonds. The molecular weight excluding hydrogens is 322 g/mol. The van der Waals surface area contributed by atoms with Crippen molar-refractivity contribution >= 4 is 39.9 Å². The Morgan fingerprint density at radius 3 is 2.86 bits per heavy atom. The third-order valence-electron chi connectivity index (χ3n) is 3.56.